The minimum Gasteiger partial charge on any atom is -0.495 e. The molecule has 0 saturated carbocycles. The average molecular weight is 515 g/mol. The molecule has 4 aromatic rings. The van der Waals surface area contributed by atoms with E-state index in [0.717, 1.165) is 44.4 Å². The highest BCUT2D eigenvalue weighted by Crippen LogP contribution is 2.34. The Morgan fingerprint density at radius 3 is 2.66 bits per heavy atom. The number of pyridine rings is 1. The number of benzene rings is 2. The van der Waals surface area contributed by atoms with Crippen molar-refractivity contribution >= 4 is 34.1 Å². The van der Waals surface area contributed by atoms with E-state index in [9.17, 15) is 5.11 Å². The fourth-order valence-electron chi connectivity index (χ4n) is 4.08. The maximum atomic E-state index is 9.92. The van der Waals surface area contributed by atoms with Gasteiger partial charge >= 0.3 is 0 Å². The fraction of sp³-hybridized carbons (Fsp3) is 0.276. The Kier molecular flexibility index (Phi) is 8.09. The van der Waals surface area contributed by atoms with Gasteiger partial charge in [-0.1, -0.05) is 18.2 Å². The predicted octanol–water partition coefficient (Wildman–Crippen LogP) is 4.68. The van der Waals surface area contributed by atoms with Crippen molar-refractivity contribution in [2.45, 2.75) is 26.1 Å². The van der Waals surface area contributed by atoms with Crippen LogP contribution in [0.25, 0.3) is 27.5 Å². The number of aryl methyl sites for hydroxylation is 1. The molecule has 38 heavy (non-hydrogen) atoms. The zero-order valence-corrected chi connectivity index (χ0v) is 22.4. The van der Waals surface area contributed by atoms with Gasteiger partial charge in [-0.25, -0.2) is 4.98 Å². The van der Waals surface area contributed by atoms with Crippen LogP contribution >= 0.6 is 0 Å². The molecule has 4 rings (SSSR count). The Morgan fingerprint density at radius 1 is 1.13 bits per heavy atom. The molecule has 2 heterocycles. The molecular weight excluding hydrogens is 480 g/mol. The molecular formula is C29H34N6O3. The molecule has 0 unspecified atom stereocenters. The summed E-state index contributed by atoms with van der Waals surface area (Å²) in [5.74, 6) is 1.36. The maximum Gasteiger partial charge on any atom is 0.142 e. The van der Waals surface area contributed by atoms with Crippen LogP contribution in [0.3, 0.4) is 0 Å². The lowest BCUT2D eigenvalue weighted by Crippen LogP contribution is -2.22. The number of ether oxygens (including phenoxy) is 2. The number of aliphatic hydroxyl groups is 1. The zero-order chi connectivity index (χ0) is 27.3. The van der Waals surface area contributed by atoms with E-state index >= 15 is 0 Å². The van der Waals surface area contributed by atoms with Crippen molar-refractivity contribution in [3.05, 3.63) is 72.3 Å². The summed E-state index contributed by atoms with van der Waals surface area (Å²) >= 11 is 0. The monoisotopic (exact) mass is 514 g/mol. The van der Waals surface area contributed by atoms with Gasteiger partial charge in [-0.2, -0.15) is 5.10 Å². The number of rotatable bonds is 10. The lowest BCUT2D eigenvalue weighted by atomic mass is 10.0. The van der Waals surface area contributed by atoms with E-state index in [1.165, 1.54) is 6.20 Å². The quantitative estimate of drug-likeness (QED) is 0.263. The molecule has 0 aliphatic rings. The number of nitrogens with one attached hydrogen (secondary N) is 1. The average Bonchev–Trinajstić information content (AvgIpc) is 3.26. The Labute approximate surface area is 222 Å². The molecule has 2 aromatic heterocycles. The van der Waals surface area contributed by atoms with E-state index in [0.29, 0.717) is 18.2 Å². The van der Waals surface area contributed by atoms with Crippen LogP contribution in [-0.2, 0) is 18.4 Å². The minimum absolute atomic E-state index is 0.283. The van der Waals surface area contributed by atoms with Crippen LogP contribution in [0.2, 0.25) is 0 Å². The topological polar surface area (TPSA) is 120 Å². The lowest BCUT2D eigenvalue weighted by molar-refractivity contribution is 0.0906. The highest BCUT2D eigenvalue weighted by atomic mass is 16.5. The Bertz CT molecular complexity index is 1480. The van der Waals surface area contributed by atoms with Gasteiger partial charge in [0.1, 0.15) is 11.6 Å². The minimum atomic E-state index is -0.880. The molecule has 0 fully saturated rings. The molecule has 0 amide bonds. The van der Waals surface area contributed by atoms with E-state index in [4.69, 9.17) is 15.2 Å². The van der Waals surface area contributed by atoms with Crippen molar-refractivity contribution in [3.63, 3.8) is 0 Å². The summed E-state index contributed by atoms with van der Waals surface area (Å²) in [5.41, 5.74) is 10.4. The number of allylic oxidation sites excluding steroid dienone is 1. The molecule has 4 N–H and O–H groups in total. The zero-order valence-electron chi connectivity index (χ0n) is 22.4. The number of methoxy groups -OCH3 is 2. The van der Waals surface area contributed by atoms with E-state index < -0.39 is 5.60 Å². The summed E-state index contributed by atoms with van der Waals surface area (Å²) in [6.07, 6.45) is 6.86. The molecule has 9 heteroatoms. The van der Waals surface area contributed by atoms with Gasteiger partial charge in [-0.3, -0.25) is 9.67 Å². The smallest absolute Gasteiger partial charge is 0.142 e. The molecule has 0 saturated heterocycles. The second-order valence-electron chi connectivity index (χ2n) is 9.64. The van der Waals surface area contributed by atoms with Crippen molar-refractivity contribution in [2.75, 3.05) is 26.1 Å². The van der Waals surface area contributed by atoms with Crippen LogP contribution in [0.5, 0.6) is 5.75 Å². The number of aliphatic imine (C=N–C) groups is 1. The molecule has 9 nitrogen and oxygen atoms in total. The first-order valence-corrected chi connectivity index (χ1v) is 12.2. The fourth-order valence-corrected chi connectivity index (χ4v) is 4.08. The van der Waals surface area contributed by atoms with Crippen LogP contribution < -0.4 is 15.8 Å². The van der Waals surface area contributed by atoms with Crippen LogP contribution in [0, 0.1) is 0 Å². The van der Waals surface area contributed by atoms with Crippen molar-refractivity contribution in [2.24, 2.45) is 17.8 Å². The first-order valence-electron chi connectivity index (χ1n) is 12.2. The van der Waals surface area contributed by atoms with Gasteiger partial charge in [-0.15, -0.1) is 0 Å². The lowest BCUT2D eigenvalue weighted by Gasteiger charge is -2.14. The van der Waals surface area contributed by atoms with Gasteiger partial charge in [0.2, 0.25) is 0 Å². The number of nitrogens with zero attached hydrogens (tertiary/aromatic N) is 4. The molecule has 0 radical (unpaired) electrons. The number of anilines is 2. The standard InChI is InChI=1S/C29H34N6O3/c1-29(2,36)18-31-14-23(13-30)19-6-7-21-15-32-28(12-22(21)10-19)34-25-9-8-20(11-27(25)38-5)24-16-33-35(3)26(24)17-37-4/h6-16,36H,17-18,30H2,1-5H3,(H,32,34). The summed E-state index contributed by atoms with van der Waals surface area (Å²) in [4.78, 5) is 8.92. The molecule has 0 bridgehead atoms. The number of nitrogens with two attached hydrogens (primary N) is 1. The van der Waals surface area contributed by atoms with Crippen molar-refractivity contribution < 1.29 is 14.6 Å². The van der Waals surface area contributed by atoms with Crippen LogP contribution in [0.15, 0.2) is 66.1 Å². The van der Waals surface area contributed by atoms with Gasteiger partial charge in [0.05, 0.1) is 43.4 Å². The first-order chi connectivity index (χ1) is 18.2. The molecule has 0 atom stereocenters. The first kappa shape index (κ1) is 26.8. The van der Waals surface area contributed by atoms with E-state index in [2.05, 4.69) is 20.4 Å². The summed E-state index contributed by atoms with van der Waals surface area (Å²) in [7, 11) is 5.21. The number of fused-ring (bicyclic) bond motifs is 1. The van der Waals surface area contributed by atoms with Gasteiger partial charge in [0.15, 0.2) is 0 Å². The Morgan fingerprint density at radius 2 is 1.95 bits per heavy atom. The third-order valence-electron chi connectivity index (χ3n) is 6.06. The summed E-state index contributed by atoms with van der Waals surface area (Å²) < 4.78 is 12.9. The number of aromatic nitrogens is 3. The molecule has 0 aliphatic carbocycles. The second-order valence-corrected chi connectivity index (χ2v) is 9.64. The van der Waals surface area contributed by atoms with E-state index in [1.807, 2.05) is 66.6 Å². The highest BCUT2D eigenvalue weighted by molar-refractivity contribution is 6.10. The van der Waals surface area contributed by atoms with Crippen LogP contribution in [-0.4, -0.2) is 52.5 Å². The van der Waals surface area contributed by atoms with E-state index in [1.54, 1.807) is 34.3 Å². The maximum absolute atomic E-state index is 9.92. The van der Waals surface area contributed by atoms with Gasteiger partial charge in [0, 0.05) is 49.3 Å². The SMILES string of the molecule is COCc1c(-c2ccc(Nc3cc4cc(C(C=NCC(C)(C)O)=CN)ccc4cn3)c(OC)c2)cnn1C. The predicted molar refractivity (Wildman–Crippen MR) is 153 cm³/mol. The summed E-state index contributed by atoms with van der Waals surface area (Å²) in [6, 6.07) is 14.0. The number of hydrogen-bond donors (Lipinski definition) is 3. The van der Waals surface area contributed by atoms with Gasteiger partial charge < -0.3 is 25.6 Å². The largest absolute Gasteiger partial charge is 0.495 e. The molecule has 0 spiro atoms. The van der Waals surface area contributed by atoms with Crippen molar-refractivity contribution in [1.29, 1.82) is 0 Å². The third-order valence-corrected chi connectivity index (χ3v) is 6.06. The van der Waals surface area contributed by atoms with Crippen molar-refractivity contribution in [1.82, 2.24) is 14.8 Å². The second kappa shape index (κ2) is 11.5. The Balaban J connectivity index is 1.60. The Hall–Kier alpha value is -4.21. The van der Waals surface area contributed by atoms with Crippen molar-refractivity contribution in [3.8, 4) is 16.9 Å². The van der Waals surface area contributed by atoms with E-state index in [-0.39, 0.29) is 6.54 Å². The molecule has 198 valence electrons. The molecule has 0 aliphatic heterocycles. The molecule has 2 aromatic carbocycles. The number of hydrogen-bond acceptors (Lipinski definition) is 8. The normalized spacial score (nSPS) is 12.4. The summed E-state index contributed by atoms with van der Waals surface area (Å²) in [5, 5.41) is 19.7. The highest BCUT2D eigenvalue weighted by Gasteiger charge is 2.14. The van der Waals surface area contributed by atoms with Gasteiger partial charge in [-0.05, 0) is 54.6 Å². The third kappa shape index (κ3) is 6.19. The van der Waals surface area contributed by atoms with Crippen LogP contribution in [0.4, 0.5) is 11.5 Å². The summed E-state index contributed by atoms with van der Waals surface area (Å²) in [6.45, 7) is 4.18. The van der Waals surface area contributed by atoms with Gasteiger partial charge in [0.25, 0.3) is 0 Å². The van der Waals surface area contributed by atoms with Crippen LogP contribution in [0.1, 0.15) is 25.1 Å².